The summed E-state index contributed by atoms with van der Waals surface area (Å²) in [5.74, 6) is 1.14. The maximum atomic E-state index is 11.7. The van der Waals surface area contributed by atoms with Crippen molar-refractivity contribution in [3.63, 3.8) is 0 Å². The van der Waals surface area contributed by atoms with Crippen molar-refractivity contribution in [2.45, 2.75) is 12.5 Å². The van der Waals surface area contributed by atoms with E-state index in [1.165, 1.54) is 6.20 Å². The molecule has 0 radical (unpaired) electrons. The summed E-state index contributed by atoms with van der Waals surface area (Å²) < 4.78 is 0. The predicted molar refractivity (Wildman–Crippen MR) is 75.5 cm³/mol. The lowest BCUT2D eigenvalue weighted by Gasteiger charge is -2.19. The number of aromatic nitrogens is 1. The number of nitrogens with zero attached hydrogens (tertiary/aromatic N) is 2. The van der Waals surface area contributed by atoms with Crippen LogP contribution in [-0.2, 0) is 9.59 Å². The first-order valence-electron chi connectivity index (χ1n) is 5.72. The van der Waals surface area contributed by atoms with E-state index >= 15 is 0 Å². The number of aliphatic carboxylic acids is 1. The summed E-state index contributed by atoms with van der Waals surface area (Å²) in [6, 6.07) is 2.22. The third-order valence-electron chi connectivity index (χ3n) is 2.44. The van der Waals surface area contributed by atoms with E-state index in [1.807, 2.05) is 0 Å². The van der Waals surface area contributed by atoms with E-state index in [2.05, 4.69) is 16.2 Å². The number of pyridine rings is 1. The number of carbonyl (C=O) groups excluding carboxylic acids is 1. The highest BCUT2D eigenvalue weighted by atomic mass is 35.5. The third-order valence-corrected chi connectivity index (χ3v) is 2.66. The summed E-state index contributed by atoms with van der Waals surface area (Å²) in [6.07, 6.45) is 6.45. The summed E-state index contributed by atoms with van der Waals surface area (Å²) in [7, 11) is 1.66. The van der Waals surface area contributed by atoms with Crippen LogP contribution in [0.1, 0.15) is 6.42 Å². The minimum absolute atomic E-state index is 0.0387. The Morgan fingerprint density at radius 1 is 1.60 bits per heavy atom. The molecule has 0 aromatic carbocycles. The summed E-state index contributed by atoms with van der Waals surface area (Å²) in [6.45, 7) is -0.0387. The minimum atomic E-state index is -1.16. The quantitative estimate of drug-likeness (QED) is 0.757. The van der Waals surface area contributed by atoms with Crippen LogP contribution < -0.4 is 10.2 Å². The van der Waals surface area contributed by atoms with E-state index in [0.29, 0.717) is 10.8 Å². The number of terminal acetylenes is 1. The van der Waals surface area contributed by atoms with Gasteiger partial charge in [-0.15, -0.1) is 12.3 Å². The second-order valence-corrected chi connectivity index (χ2v) is 4.49. The van der Waals surface area contributed by atoms with Crippen LogP contribution in [0.3, 0.4) is 0 Å². The Bertz CT molecular complexity index is 525. The molecule has 1 aromatic heterocycles. The number of hydrogen-bond acceptors (Lipinski definition) is 4. The van der Waals surface area contributed by atoms with E-state index in [1.54, 1.807) is 24.1 Å². The maximum absolute atomic E-state index is 11.7. The SMILES string of the molecule is C#CCC(NC(=O)CN(C)c1ccc(Cl)cn1)C(=O)O. The molecule has 0 aliphatic rings. The number of likely N-dealkylation sites (N-methyl/N-ethyl adjacent to an activating group) is 1. The van der Waals surface area contributed by atoms with Gasteiger partial charge in [0.25, 0.3) is 0 Å². The molecule has 6 nitrogen and oxygen atoms in total. The molecule has 0 aliphatic heterocycles. The topological polar surface area (TPSA) is 82.5 Å². The standard InChI is InChI=1S/C13H14ClN3O3/c1-3-4-10(13(19)20)16-12(18)8-17(2)11-6-5-9(14)7-15-11/h1,5-7,10H,4,8H2,2H3,(H,16,18)(H,19,20). The number of rotatable bonds is 6. The average molecular weight is 296 g/mol. The van der Waals surface area contributed by atoms with Crippen LogP contribution in [0.25, 0.3) is 0 Å². The Morgan fingerprint density at radius 2 is 2.30 bits per heavy atom. The molecule has 0 fully saturated rings. The Morgan fingerprint density at radius 3 is 2.80 bits per heavy atom. The fourth-order valence-corrected chi connectivity index (χ4v) is 1.56. The zero-order valence-electron chi connectivity index (χ0n) is 10.8. The lowest BCUT2D eigenvalue weighted by Crippen LogP contribution is -2.44. The van der Waals surface area contributed by atoms with Crippen molar-refractivity contribution < 1.29 is 14.7 Å². The number of carbonyl (C=O) groups is 2. The van der Waals surface area contributed by atoms with E-state index < -0.39 is 17.9 Å². The third kappa shape index (κ3) is 4.78. The summed E-state index contributed by atoms with van der Waals surface area (Å²) >= 11 is 5.72. The molecule has 0 spiro atoms. The second kappa shape index (κ2) is 7.36. The van der Waals surface area contributed by atoms with Crippen molar-refractivity contribution >= 4 is 29.3 Å². The largest absolute Gasteiger partial charge is 0.480 e. The predicted octanol–water partition coefficient (Wildman–Crippen LogP) is 0.764. The molecule has 0 bridgehead atoms. The number of hydrogen-bond donors (Lipinski definition) is 2. The summed E-state index contributed by atoms with van der Waals surface area (Å²) in [4.78, 5) is 28.2. The fraction of sp³-hybridized carbons (Fsp3) is 0.308. The van der Waals surface area contributed by atoms with E-state index in [4.69, 9.17) is 23.1 Å². The van der Waals surface area contributed by atoms with Gasteiger partial charge in [-0.2, -0.15) is 0 Å². The molecule has 20 heavy (non-hydrogen) atoms. The molecule has 106 valence electrons. The molecule has 2 N–H and O–H groups in total. The van der Waals surface area contributed by atoms with Gasteiger partial charge in [-0.25, -0.2) is 9.78 Å². The van der Waals surface area contributed by atoms with Gasteiger partial charge in [0.1, 0.15) is 11.9 Å². The lowest BCUT2D eigenvalue weighted by atomic mass is 10.2. The molecule has 0 saturated heterocycles. The van der Waals surface area contributed by atoms with Crippen molar-refractivity contribution in [2.75, 3.05) is 18.5 Å². The van der Waals surface area contributed by atoms with Crippen LogP contribution >= 0.6 is 11.6 Å². The van der Waals surface area contributed by atoms with Crippen molar-refractivity contribution in [1.82, 2.24) is 10.3 Å². The average Bonchev–Trinajstić information content (AvgIpc) is 2.38. The van der Waals surface area contributed by atoms with Crippen LogP contribution in [0, 0.1) is 12.3 Å². The first-order chi connectivity index (χ1) is 9.43. The highest BCUT2D eigenvalue weighted by Crippen LogP contribution is 2.12. The Balaban J connectivity index is 2.59. The number of carboxylic acid groups (broad SMARTS) is 1. The highest BCUT2D eigenvalue weighted by Gasteiger charge is 2.19. The van der Waals surface area contributed by atoms with Crippen molar-refractivity contribution in [3.8, 4) is 12.3 Å². The molecule has 1 aromatic rings. The van der Waals surface area contributed by atoms with Gasteiger partial charge in [0.15, 0.2) is 0 Å². The Labute approximate surface area is 121 Å². The van der Waals surface area contributed by atoms with Gasteiger partial charge in [-0.1, -0.05) is 11.6 Å². The van der Waals surface area contributed by atoms with Crippen molar-refractivity contribution in [3.05, 3.63) is 23.4 Å². The number of amides is 1. The Kier molecular flexibility index (Phi) is 5.81. The van der Waals surface area contributed by atoms with Gasteiger partial charge >= 0.3 is 5.97 Å². The van der Waals surface area contributed by atoms with Crippen LogP contribution in [0.2, 0.25) is 5.02 Å². The first kappa shape index (κ1) is 15.8. The zero-order chi connectivity index (χ0) is 15.1. The molecule has 0 saturated carbocycles. The molecule has 1 amide bonds. The van der Waals surface area contributed by atoms with Gasteiger partial charge in [0.05, 0.1) is 11.6 Å². The molecule has 1 heterocycles. The molecule has 7 heteroatoms. The summed E-state index contributed by atoms with van der Waals surface area (Å²) in [5.41, 5.74) is 0. The molecular weight excluding hydrogens is 282 g/mol. The van der Waals surface area contributed by atoms with Gasteiger partial charge in [-0.05, 0) is 12.1 Å². The van der Waals surface area contributed by atoms with E-state index in [-0.39, 0.29) is 13.0 Å². The monoisotopic (exact) mass is 295 g/mol. The zero-order valence-corrected chi connectivity index (χ0v) is 11.6. The van der Waals surface area contributed by atoms with Gasteiger partial charge < -0.3 is 15.3 Å². The molecule has 1 unspecified atom stereocenters. The van der Waals surface area contributed by atoms with Crippen molar-refractivity contribution in [2.24, 2.45) is 0 Å². The maximum Gasteiger partial charge on any atom is 0.327 e. The number of halogens is 1. The van der Waals surface area contributed by atoms with Crippen LogP contribution in [-0.4, -0.2) is 41.6 Å². The molecular formula is C13H14ClN3O3. The number of carboxylic acids is 1. The molecule has 0 aliphatic carbocycles. The van der Waals surface area contributed by atoms with E-state index in [0.717, 1.165) is 0 Å². The van der Waals surface area contributed by atoms with Gasteiger partial charge in [0, 0.05) is 19.7 Å². The van der Waals surface area contributed by atoms with Gasteiger partial charge in [-0.3, -0.25) is 4.79 Å². The first-order valence-corrected chi connectivity index (χ1v) is 6.10. The highest BCUT2D eigenvalue weighted by molar-refractivity contribution is 6.30. The lowest BCUT2D eigenvalue weighted by molar-refractivity contribution is -0.141. The van der Waals surface area contributed by atoms with Crippen molar-refractivity contribution in [1.29, 1.82) is 0 Å². The fourth-order valence-electron chi connectivity index (χ4n) is 1.45. The minimum Gasteiger partial charge on any atom is -0.480 e. The number of nitrogens with one attached hydrogen (secondary N) is 1. The van der Waals surface area contributed by atoms with Gasteiger partial charge in [0.2, 0.25) is 5.91 Å². The number of anilines is 1. The summed E-state index contributed by atoms with van der Waals surface area (Å²) in [5, 5.41) is 11.7. The molecule has 1 atom stereocenters. The second-order valence-electron chi connectivity index (χ2n) is 4.06. The van der Waals surface area contributed by atoms with Crippen LogP contribution in [0.15, 0.2) is 18.3 Å². The van der Waals surface area contributed by atoms with Crippen LogP contribution in [0.5, 0.6) is 0 Å². The normalized spacial score (nSPS) is 11.2. The smallest absolute Gasteiger partial charge is 0.327 e. The molecule has 1 rings (SSSR count). The Hall–Kier alpha value is -2.26. The van der Waals surface area contributed by atoms with Crippen LogP contribution in [0.4, 0.5) is 5.82 Å². The van der Waals surface area contributed by atoms with E-state index in [9.17, 15) is 9.59 Å².